The van der Waals surface area contributed by atoms with Crippen LogP contribution >= 0.6 is 11.3 Å². The van der Waals surface area contributed by atoms with E-state index in [0.717, 1.165) is 6.54 Å². The predicted molar refractivity (Wildman–Crippen MR) is 60.6 cm³/mol. The minimum Gasteiger partial charge on any atom is -0.380 e. The molecule has 0 saturated heterocycles. The summed E-state index contributed by atoms with van der Waals surface area (Å²) in [6.07, 6.45) is 0.225. The zero-order chi connectivity index (χ0) is 10.4. The first-order valence-corrected chi connectivity index (χ1v) is 5.70. The molecule has 0 radical (unpaired) electrons. The Kier molecular flexibility index (Phi) is 5.11. The van der Waals surface area contributed by atoms with Crippen LogP contribution in [0.5, 0.6) is 0 Å². The third kappa shape index (κ3) is 3.38. The Bertz CT molecular complexity index is 238. The number of thiophene rings is 1. The van der Waals surface area contributed by atoms with Crippen LogP contribution in [0.25, 0.3) is 0 Å². The summed E-state index contributed by atoms with van der Waals surface area (Å²) in [4.78, 5) is 0. The highest BCUT2D eigenvalue weighted by molar-refractivity contribution is 7.07. The monoisotopic (exact) mass is 214 g/mol. The molecule has 3 nitrogen and oxygen atoms in total. The van der Waals surface area contributed by atoms with Gasteiger partial charge in [-0.15, -0.1) is 0 Å². The van der Waals surface area contributed by atoms with Crippen LogP contribution in [0.1, 0.15) is 18.5 Å². The Hall–Kier alpha value is -0.420. The van der Waals surface area contributed by atoms with Crippen LogP contribution in [0.2, 0.25) is 0 Å². The molecule has 4 heteroatoms. The van der Waals surface area contributed by atoms with Crippen molar-refractivity contribution >= 4 is 11.3 Å². The summed E-state index contributed by atoms with van der Waals surface area (Å²) in [5, 5.41) is 7.58. The van der Waals surface area contributed by atoms with Crippen LogP contribution in [0, 0.1) is 0 Å². The molecular formula is C10H18N2OS. The Balaban J connectivity index is 2.40. The molecule has 0 bridgehead atoms. The van der Waals surface area contributed by atoms with Gasteiger partial charge in [-0.05, 0) is 29.3 Å². The Morgan fingerprint density at radius 2 is 2.43 bits per heavy atom. The molecule has 2 unspecified atom stereocenters. The summed E-state index contributed by atoms with van der Waals surface area (Å²) in [5.41, 5.74) is 6.96. The Morgan fingerprint density at radius 1 is 1.64 bits per heavy atom. The fourth-order valence-corrected chi connectivity index (χ4v) is 1.92. The van der Waals surface area contributed by atoms with Crippen molar-refractivity contribution < 1.29 is 4.74 Å². The normalized spacial score (nSPS) is 15.4. The zero-order valence-corrected chi connectivity index (χ0v) is 9.51. The largest absolute Gasteiger partial charge is 0.380 e. The van der Waals surface area contributed by atoms with Gasteiger partial charge < -0.3 is 15.8 Å². The van der Waals surface area contributed by atoms with E-state index in [2.05, 4.69) is 22.1 Å². The molecule has 0 aromatic carbocycles. The van der Waals surface area contributed by atoms with E-state index in [4.69, 9.17) is 10.5 Å². The van der Waals surface area contributed by atoms with Crippen molar-refractivity contribution in [2.45, 2.75) is 19.1 Å². The second kappa shape index (κ2) is 6.14. The van der Waals surface area contributed by atoms with Gasteiger partial charge >= 0.3 is 0 Å². The number of hydrogen-bond acceptors (Lipinski definition) is 4. The van der Waals surface area contributed by atoms with E-state index < -0.39 is 0 Å². The predicted octanol–water partition coefficient (Wildman–Crippen LogP) is 1.37. The number of rotatable bonds is 6. The Labute approximate surface area is 89.3 Å². The van der Waals surface area contributed by atoms with Crippen molar-refractivity contribution in [2.24, 2.45) is 5.73 Å². The standard InChI is InChI=1S/C10H18N2OS/c1-8(13-2)6-12-10(5-11)9-3-4-14-7-9/h3-4,7-8,10,12H,5-6,11H2,1-2H3. The lowest BCUT2D eigenvalue weighted by Gasteiger charge is -2.18. The van der Waals surface area contributed by atoms with Crippen molar-refractivity contribution in [3.05, 3.63) is 22.4 Å². The van der Waals surface area contributed by atoms with E-state index in [0.29, 0.717) is 6.54 Å². The van der Waals surface area contributed by atoms with Gasteiger partial charge in [0.2, 0.25) is 0 Å². The third-order valence-corrected chi connectivity index (χ3v) is 2.94. The maximum absolute atomic E-state index is 5.69. The first-order valence-electron chi connectivity index (χ1n) is 4.76. The number of nitrogens with one attached hydrogen (secondary N) is 1. The van der Waals surface area contributed by atoms with Gasteiger partial charge in [0.15, 0.2) is 0 Å². The highest BCUT2D eigenvalue weighted by Gasteiger charge is 2.10. The minimum atomic E-state index is 0.225. The molecular weight excluding hydrogens is 196 g/mol. The average Bonchev–Trinajstić information content (AvgIpc) is 2.72. The molecule has 3 N–H and O–H groups in total. The lowest BCUT2D eigenvalue weighted by Crippen LogP contribution is -2.33. The highest BCUT2D eigenvalue weighted by Crippen LogP contribution is 2.15. The van der Waals surface area contributed by atoms with E-state index in [1.54, 1.807) is 18.4 Å². The van der Waals surface area contributed by atoms with Gasteiger partial charge in [-0.25, -0.2) is 0 Å². The molecule has 0 aliphatic heterocycles. The van der Waals surface area contributed by atoms with Gasteiger partial charge in [-0.2, -0.15) is 11.3 Å². The SMILES string of the molecule is COC(C)CNC(CN)c1ccsc1. The van der Waals surface area contributed by atoms with Crippen LogP contribution in [0.4, 0.5) is 0 Å². The maximum atomic E-state index is 5.69. The summed E-state index contributed by atoms with van der Waals surface area (Å²) < 4.78 is 5.16. The smallest absolute Gasteiger partial charge is 0.0667 e. The number of methoxy groups -OCH3 is 1. The van der Waals surface area contributed by atoms with Crippen LogP contribution < -0.4 is 11.1 Å². The van der Waals surface area contributed by atoms with Crippen molar-refractivity contribution in [1.82, 2.24) is 5.32 Å². The fourth-order valence-electron chi connectivity index (χ4n) is 1.20. The zero-order valence-electron chi connectivity index (χ0n) is 8.69. The molecule has 1 heterocycles. The van der Waals surface area contributed by atoms with Crippen molar-refractivity contribution in [1.29, 1.82) is 0 Å². The Morgan fingerprint density at radius 3 is 2.93 bits per heavy atom. The molecule has 14 heavy (non-hydrogen) atoms. The maximum Gasteiger partial charge on any atom is 0.0667 e. The molecule has 0 saturated carbocycles. The van der Waals surface area contributed by atoms with Gasteiger partial charge in [0.1, 0.15) is 0 Å². The molecule has 1 aromatic heterocycles. The summed E-state index contributed by atoms with van der Waals surface area (Å²) in [6, 6.07) is 2.35. The number of nitrogens with two attached hydrogens (primary N) is 1. The minimum absolute atomic E-state index is 0.225. The van der Waals surface area contributed by atoms with Gasteiger partial charge in [0, 0.05) is 26.2 Å². The highest BCUT2D eigenvalue weighted by atomic mass is 32.1. The lowest BCUT2D eigenvalue weighted by molar-refractivity contribution is 0.114. The first kappa shape index (κ1) is 11.7. The van der Waals surface area contributed by atoms with E-state index in [1.165, 1.54) is 5.56 Å². The fraction of sp³-hybridized carbons (Fsp3) is 0.600. The van der Waals surface area contributed by atoms with Gasteiger partial charge in [0.25, 0.3) is 0 Å². The summed E-state index contributed by atoms with van der Waals surface area (Å²) >= 11 is 1.70. The van der Waals surface area contributed by atoms with Crippen LogP contribution in [-0.4, -0.2) is 26.3 Å². The lowest BCUT2D eigenvalue weighted by atomic mass is 10.1. The summed E-state index contributed by atoms with van der Waals surface area (Å²) in [6.45, 7) is 3.48. The van der Waals surface area contributed by atoms with Gasteiger partial charge in [0.05, 0.1) is 6.10 Å². The second-order valence-electron chi connectivity index (χ2n) is 3.30. The second-order valence-corrected chi connectivity index (χ2v) is 4.08. The van der Waals surface area contributed by atoms with Gasteiger partial charge in [-0.3, -0.25) is 0 Å². The van der Waals surface area contributed by atoms with Crippen LogP contribution in [0.3, 0.4) is 0 Å². The van der Waals surface area contributed by atoms with E-state index in [9.17, 15) is 0 Å². The van der Waals surface area contributed by atoms with Crippen molar-refractivity contribution in [3.63, 3.8) is 0 Å². The quantitative estimate of drug-likeness (QED) is 0.752. The molecule has 0 fully saturated rings. The number of ether oxygens (including phenoxy) is 1. The molecule has 1 rings (SSSR count). The van der Waals surface area contributed by atoms with Crippen molar-refractivity contribution in [2.75, 3.05) is 20.2 Å². The molecule has 2 atom stereocenters. The molecule has 0 aliphatic rings. The van der Waals surface area contributed by atoms with E-state index >= 15 is 0 Å². The summed E-state index contributed by atoms with van der Waals surface area (Å²) in [5.74, 6) is 0. The van der Waals surface area contributed by atoms with Crippen LogP contribution in [0.15, 0.2) is 16.8 Å². The molecule has 0 aliphatic carbocycles. The molecule has 0 spiro atoms. The van der Waals surface area contributed by atoms with Crippen LogP contribution in [-0.2, 0) is 4.74 Å². The van der Waals surface area contributed by atoms with E-state index in [-0.39, 0.29) is 12.1 Å². The molecule has 0 amide bonds. The third-order valence-electron chi connectivity index (χ3n) is 2.24. The van der Waals surface area contributed by atoms with Gasteiger partial charge in [-0.1, -0.05) is 0 Å². The number of hydrogen-bond donors (Lipinski definition) is 2. The van der Waals surface area contributed by atoms with Crippen molar-refractivity contribution in [3.8, 4) is 0 Å². The average molecular weight is 214 g/mol. The summed E-state index contributed by atoms with van der Waals surface area (Å²) in [7, 11) is 1.72. The molecule has 80 valence electrons. The van der Waals surface area contributed by atoms with E-state index in [1.807, 2.05) is 6.92 Å². The first-order chi connectivity index (χ1) is 6.77. The molecule has 1 aromatic rings. The topological polar surface area (TPSA) is 47.3 Å².